The third-order valence-electron chi connectivity index (χ3n) is 5.22. The molecule has 0 fully saturated rings. The van der Waals surface area contributed by atoms with Crippen molar-refractivity contribution in [3.63, 3.8) is 0 Å². The highest BCUT2D eigenvalue weighted by molar-refractivity contribution is 7.99. The number of nitrogens with zero attached hydrogens (tertiary/aromatic N) is 1. The lowest BCUT2D eigenvalue weighted by molar-refractivity contribution is -0.385. The summed E-state index contributed by atoms with van der Waals surface area (Å²) in [4.78, 5) is 10.1. The van der Waals surface area contributed by atoms with Gasteiger partial charge >= 0.3 is 0 Å². The van der Waals surface area contributed by atoms with Crippen molar-refractivity contribution in [3.8, 4) is 11.5 Å². The fourth-order valence-corrected chi connectivity index (χ4v) is 5.59. The number of hydrogen-bond acceptors (Lipinski definition) is 8. The molecule has 1 N–H and O–H groups in total. The highest BCUT2D eigenvalue weighted by Crippen LogP contribution is 2.41. The van der Waals surface area contributed by atoms with Crippen molar-refractivity contribution in [3.05, 3.63) is 57.1 Å². The Balaban J connectivity index is 1.73. The number of aryl methyl sites for hydroxylation is 1. The first-order valence-corrected chi connectivity index (χ1v) is 12.4. The van der Waals surface area contributed by atoms with Gasteiger partial charge in [0.1, 0.15) is 0 Å². The van der Waals surface area contributed by atoms with Crippen LogP contribution >= 0.6 is 11.8 Å². The first kappa shape index (κ1) is 24.3. The summed E-state index contributed by atoms with van der Waals surface area (Å²) < 4.78 is 49.4. The van der Waals surface area contributed by atoms with Crippen molar-refractivity contribution in [2.24, 2.45) is 0 Å². The topological polar surface area (TPSA) is 125 Å². The van der Waals surface area contributed by atoms with Crippen molar-refractivity contribution >= 4 is 27.6 Å². The van der Waals surface area contributed by atoms with Crippen LogP contribution in [-0.4, -0.2) is 51.1 Å². The molecule has 1 heterocycles. The Morgan fingerprint density at radius 1 is 1.19 bits per heavy atom. The molecule has 11 heteroatoms. The Kier molecular flexibility index (Phi) is 7.99. The van der Waals surface area contributed by atoms with E-state index in [0.717, 1.165) is 42.4 Å². The number of fused-ring (bicyclic) bond motifs is 1. The number of thioether (sulfide) groups is 1. The molecule has 3 rings (SSSR count). The Hall–Kier alpha value is -2.34. The van der Waals surface area contributed by atoms with Crippen molar-refractivity contribution in [1.82, 2.24) is 0 Å². The summed E-state index contributed by atoms with van der Waals surface area (Å²) in [5, 5.41) is 11.1. The molecule has 1 aliphatic rings. The summed E-state index contributed by atoms with van der Waals surface area (Å²) >= 11 is 1.77. The predicted molar refractivity (Wildman–Crippen MR) is 121 cm³/mol. The quantitative estimate of drug-likeness (QED) is 0.245. The average molecular weight is 484 g/mol. The second kappa shape index (κ2) is 10.5. The van der Waals surface area contributed by atoms with E-state index in [4.69, 9.17) is 14.2 Å². The van der Waals surface area contributed by atoms with Gasteiger partial charge in [0.25, 0.3) is 15.8 Å². The molecule has 0 saturated carbocycles. The van der Waals surface area contributed by atoms with Gasteiger partial charge < -0.3 is 14.2 Å². The molecule has 1 aliphatic heterocycles. The SMILES string of the molecule is COc1cc2c(cc1OC)C(COCCc1cc([N+](=O)[O-])ccc1S(=O)(=O)O)SCCC2. The smallest absolute Gasteiger partial charge is 0.294 e. The monoisotopic (exact) mass is 483 g/mol. The number of hydrogen-bond donors (Lipinski definition) is 1. The largest absolute Gasteiger partial charge is 0.493 e. The van der Waals surface area contributed by atoms with Gasteiger partial charge in [-0.2, -0.15) is 20.2 Å². The van der Waals surface area contributed by atoms with E-state index >= 15 is 0 Å². The van der Waals surface area contributed by atoms with Gasteiger partial charge in [-0.3, -0.25) is 14.7 Å². The molecule has 2 aromatic carbocycles. The third kappa shape index (κ3) is 5.71. The summed E-state index contributed by atoms with van der Waals surface area (Å²) in [6, 6.07) is 7.21. The Morgan fingerprint density at radius 3 is 2.56 bits per heavy atom. The van der Waals surface area contributed by atoms with E-state index in [9.17, 15) is 23.1 Å². The van der Waals surface area contributed by atoms with Crippen LogP contribution in [0.4, 0.5) is 5.69 Å². The molecule has 2 aromatic rings. The first-order valence-electron chi connectivity index (χ1n) is 9.93. The fraction of sp³-hybridized carbons (Fsp3) is 0.429. The van der Waals surface area contributed by atoms with Crippen LogP contribution in [0.25, 0.3) is 0 Å². The molecule has 0 saturated heterocycles. The van der Waals surface area contributed by atoms with Crippen molar-refractivity contribution in [1.29, 1.82) is 0 Å². The third-order valence-corrected chi connectivity index (χ3v) is 7.49. The number of ether oxygens (including phenoxy) is 3. The zero-order chi connectivity index (χ0) is 23.3. The number of methoxy groups -OCH3 is 2. The lowest BCUT2D eigenvalue weighted by atomic mass is 9.99. The molecule has 0 aromatic heterocycles. The van der Waals surface area contributed by atoms with E-state index in [1.807, 2.05) is 12.1 Å². The van der Waals surface area contributed by atoms with Gasteiger partial charge in [0.2, 0.25) is 0 Å². The predicted octanol–water partition coefficient (Wildman–Crippen LogP) is 3.84. The van der Waals surface area contributed by atoms with E-state index in [2.05, 4.69) is 0 Å². The molecule has 0 aliphatic carbocycles. The normalized spacial score (nSPS) is 16.2. The van der Waals surface area contributed by atoms with Gasteiger partial charge in [0.05, 0.1) is 42.5 Å². The van der Waals surface area contributed by atoms with Gasteiger partial charge in [-0.05, 0) is 59.9 Å². The summed E-state index contributed by atoms with van der Waals surface area (Å²) in [6.45, 7) is 0.520. The Labute approximate surface area is 191 Å². The lowest BCUT2D eigenvalue weighted by Crippen LogP contribution is -2.11. The van der Waals surface area contributed by atoms with E-state index < -0.39 is 15.0 Å². The molecule has 32 heavy (non-hydrogen) atoms. The number of rotatable bonds is 9. The highest BCUT2D eigenvalue weighted by atomic mass is 32.2. The van der Waals surface area contributed by atoms with E-state index in [0.29, 0.717) is 18.1 Å². The second-order valence-corrected chi connectivity index (χ2v) is 9.92. The lowest BCUT2D eigenvalue weighted by Gasteiger charge is -2.20. The van der Waals surface area contributed by atoms with Crippen LogP contribution in [0.5, 0.6) is 11.5 Å². The molecule has 174 valence electrons. The molecular weight excluding hydrogens is 458 g/mol. The van der Waals surface area contributed by atoms with E-state index in [1.54, 1.807) is 26.0 Å². The first-order chi connectivity index (χ1) is 15.2. The van der Waals surface area contributed by atoms with E-state index in [1.165, 1.54) is 5.56 Å². The van der Waals surface area contributed by atoms with Crippen LogP contribution in [0.15, 0.2) is 35.2 Å². The summed E-state index contributed by atoms with van der Waals surface area (Å²) in [7, 11) is -1.31. The molecule has 9 nitrogen and oxygen atoms in total. The van der Waals surface area contributed by atoms with Crippen LogP contribution in [0.2, 0.25) is 0 Å². The maximum Gasteiger partial charge on any atom is 0.294 e. The van der Waals surface area contributed by atoms with Gasteiger partial charge in [-0.25, -0.2) is 0 Å². The molecule has 1 atom stereocenters. The standard InChI is InChI=1S/C21H25NO8S2/c1-28-18-11-14-4-3-9-31-20(17(14)12-19(18)29-2)13-30-8-7-15-10-16(22(23)24)5-6-21(15)32(25,26)27/h5-6,10-12,20H,3-4,7-9,13H2,1-2H3,(H,25,26,27). The van der Waals surface area contributed by atoms with Crippen LogP contribution in [0, 0.1) is 10.1 Å². The zero-order valence-electron chi connectivity index (χ0n) is 17.8. The van der Waals surface area contributed by atoms with Crippen molar-refractivity contribution < 1.29 is 32.1 Å². The molecule has 0 radical (unpaired) electrons. The minimum absolute atomic E-state index is 0.0541. The summed E-state index contributed by atoms with van der Waals surface area (Å²) in [5.41, 5.74) is 2.18. The van der Waals surface area contributed by atoms with Gasteiger partial charge in [-0.1, -0.05) is 0 Å². The number of non-ortho nitro benzene ring substituents is 1. The number of nitro groups is 1. The minimum atomic E-state index is -4.50. The van der Waals surface area contributed by atoms with Crippen LogP contribution in [0.3, 0.4) is 0 Å². The zero-order valence-corrected chi connectivity index (χ0v) is 19.4. The van der Waals surface area contributed by atoms with Crippen molar-refractivity contribution in [2.45, 2.75) is 29.4 Å². The maximum atomic E-state index is 11.6. The van der Waals surface area contributed by atoms with Crippen LogP contribution in [-0.2, 0) is 27.7 Å². The summed E-state index contributed by atoms with van der Waals surface area (Å²) in [6.07, 6.45) is 2.05. The maximum absolute atomic E-state index is 11.6. The highest BCUT2D eigenvalue weighted by Gasteiger charge is 2.23. The Bertz CT molecular complexity index is 1090. The van der Waals surface area contributed by atoms with Gasteiger partial charge in [-0.15, -0.1) is 0 Å². The van der Waals surface area contributed by atoms with Crippen LogP contribution < -0.4 is 9.47 Å². The molecular formula is C21H25NO8S2. The van der Waals surface area contributed by atoms with Gasteiger partial charge in [0, 0.05) is 12.1 Å². The average Bonchev–Trinajstić information content (AvgIpc) is 2.96. The number of benzene rings is 2. The molecule has 0 bridgehead atoms. The Morgan fingerprint density at radius 2 is 1.91 bits per heavy atom. The van der Waals surface area contributed by atoms with Gasteiger partial charge in [0.15, 0.2) is 11.5 Å². The second-order valence-electron chi connectivity index (χ2n) is 7.22. The molecule has 1 unspecified atom stereocenters. The molecule has 0 amide bonds. The molecule has 0 spiro atoms. The van der Waals surface area contributed by atoms with Crippen molar-refractivity contribution in [2.75, 3.05) is 33.2 Å². The minimum Gasteiger partial charge on any atom is -0.493 e. The summed E-state index contributed by atoms with van der Waals surface area (Å²) in [5.74, 6) is 2.29. The van der Waals surface area contributed by atoms with E-state index in [-0.39, 0.29) is 34.4 Å². The van der Waals surface area contributed by atoms with Crippen LogP contribution in [0.1, 0.15) is 28.4 Å². The number of nitro benzene ring substituents is 1. The fourth-order valence-electron chi connectivity index (χ4n) is 3.67.